The summed E-state index contributed by atoms with van der Waals surface area (Å²) < 4.78 is 11.7. The van der Waals surface area contributed by atoms with Crippen molar-refractivity contribution >= 4 is 11.6 Å². The maximum absolute atomic E-state index is 13.0. The SMILES string of the molecule is CCOC1(C(=O)Nc2ccc(O[C@@H](C)CC)cc2C#N)CCC(C)CC1. The minimum Gasteiger partial charge on any atom is -0.491 e. The number of carbonyl (C=O) groups excluding carboxylic acids is 1. The lowest BCUT2D eigenvalue weighted by Gasteiger charge is -2.37. The molecule has 5 nitrogen and oxygen atoms in total. The van der Waals surface area contributed by atoms with Gasteiger partial charge in [-0.05, 0) is 64.0 Å². The summed E-state index contributed by atoms with van der Waals surface area (Å²) in [6.07, 6.45) is 4.33. The van der Waals surface area contributed by atoms with Gasteiger partial charge >= 0.3 is 0 Å². The van der Waals surface area contributed by atoms with E-state index in [1.54, 1.807) is 18.2 Å². The van der Waals surface area contributed by atoms with Crippen LogP contribution in [0.5, 0.6) is 5.75 Å². The first kappa shape index (κ1) is 20.3. The van der Waals surface area contributed by atoms with E-state index in [9.17, 15) is 10.1 Å². The summed E-state index contributed by atoms with van der Waals surface area (Å²) in [5, 5.41) is 12.4. The second kappa shape index (κ2) is 9.05. The molecule has 0 saturated heterocycles. The molecular weight excluding hydrogens is 328 g/mol. The largest absolute Gasteiger partial charge is 0.491 e. The minimum absolute atomic E-state index is 0.0763. The van der Waals surface area contributed by atoms with E-state index in [2.05, 4.69) is 18.3 Å². The second-order valence-electron chi connectivity index (χ2n) is 7.22. The van der Waals surface area contributed by atoms with Gasteiger partial charge in [-0.3, -0.25) is 4.79 Å². The molecule has 0 unspecified atom stereocenters. The van der Waals surface area contributed by atoms with Gasteiger partial charge in [-0.1, -0.05) is 13.8 Å². The van der Waals surface area contributed by atoms with Crippen molar-refractivity contribution in [3.8, 4) is 11.8 Å². The highest BCUT2D eigenvalue weighted by Gasteiger charge is 2.42. The van der Waals surface area contributed by atoms with Crippen LogP contribution in [0.2, 0.25) is 0 Å². The van der Waals surface area contributed by atoms with Crippen molar-refractivity contribution in [2.75, 3.05) is 11.9 Å². The molecule has 1 N–H and O–H groups in total. The van der Waals surface area contributed by atoms with Crippen molar-refractivity contribution in [2.45, 2.75) is 71.5 Å². The molecule has 0 spiro atoms. The van der Waals surface area contributed by atoms with Crippen LogP contribution in [0, 0.1) is 17.2 Å². The standard InChI is InChI=1S/C21H30N2O3/c1-5-16(4)26-18-7-8-19(17(13-18)14-22)23-20(24)21(25-6-2)11-9-15(3)10-12-21/h7-8,13,15-16H,5-6,9-12H2,1-4H3,(H,23,24)/t15?,16-,21?/m0/s1. The lowest BCUT2D eigenvalue weighted by Crippen LogP contribution is -2.48. The number of hydrogen-bond acceptors (Lipinski definition) is 4. The van der Waals surface area contributed by atoms with Crippen molar-refractivity contribution in [3.63, 3.8) is 0 Å². The number of rotatable bonds is 7. The van der Waals surface area contributed by atoms with Gasteiger partial charge < -0.3 is 14.8 Å². The van der Waals surface area contributed by atoms with Gasteiger partial charge in [-0.25, -0.2) is 0 Å². The highest BCUT2D eigenvalue weighted by molar-refractivity contribution is 5.98. The number of benzene rings is 1. The Labute approximate surface area is 156 Å². The Morgan fingerprint density at radius 3 is 2.65 bits per heavy atom. The number of carbonyl (C=O) groups is 1. The molecule has 2 rings (SSSR count). The molecule has 0 heterocycles. The van der Waals surface area contributed by atoms with E-state index in [4.69, 9.17) is 9.47 Å². The molecule has 1 aliphatic rings. The molecule has 1 saturated carbocycles. The summed E-state index contributed by atoms with van der Waals surface area (Å²) >= 11 is 0. The molecule has 1 fully saturated rings. The predicted octanol–water partition coefficient (Wildman–Crippen LogP) is 4.66. The van der Waals surface area contributed by atoms with Gasteiger partial charge in [-0.15, -0.1) is 0 Å². The topological polar surface area (TPSA) is 71.3 Å². The van der Waals surface area contributed by atoms with E-state index in [0.717, 1.165) is 19.3 Å². The summed E-state index contributed by atoms with van der Waals surface area (Å²) in [7, 11) is 0. The van der Waals surface area contributed by atoms with Gasteiger partial charge in [-0.2, -0.15) is 5.26 Å². The molecule has 0 aliphatic heterocycles. The average Bonchev–Trinajstić information content (AvgIpc) is 2.64. The van der Waals surface area contributed by atoms with E-state index in [1.165, 1.54) is 0 Å². The van der Waals surface area contributed by atoms with E-state index in [0.29, 0.717) is 42.4 Å². The molecular formula is C21H30N2O3. The minimum atomic E-state index is -0.792. The number of nitrogens with zero attached hydrogens (tertiary/aromatic N) is 1. The summed E-state index contributed by atoms with van der Waals surface area (Å²) in [6.45, 7) is 8.64. The highest BCUT2D eigenvalue weighted by atomic mass is 16.5. The van der Waals surface area contributed by atoms with E-state index >= 15 is 0 Å². The Morgan fingerprint density at radius 1 is 1.38 bits per heavy atom. The summed E-state index contributed by atoms with van der Waals surface area (Å²) in [6, 6.07) is 7.36. The average molecular weight is 358 g/mol. The molecule has 0 bridgehead atoms. The summed E-state index contributed by atoms with van der Waals surface area (Å²) in [5.41, 5.74) is 0.113. The van der Waals surface area contributed by atoms with Crippen LogP contribution in [-0.4, -0.2) is 24.2 Å². The molecule has 5 heteroatoms. The van der Waals surface area contributed by atoms with Gasteiger partial charge in [0.2, 0.25) is 0 Å². The number of nitrogens with one attached hydrogen (secondary N) is 1. The van der Waals surface area contributed by atoms with Crippen LogP contribution < -0.4 is 10.1 Å². The maximum atomic E-state index is 13.0. The van der Waals surface area contributed by atoms with Crippen molar-refractivity contribution in [2.24, 2.45) is 5.92 Å². The fraction of sp³-hybridized carbons (Fsp3) is 0.619. The van der Waals surface area contributed by atoms with Gasteiger partial charge in [0, 0.05) is 12.7 Å². The van der Waals surface area contributed by atoms with Crippen molar-refractivity contribution in [3.05, 3.63) is 23.8 Å². The van der Waals surface area contributed by atoms with E-state index < -0.39 is 5.60 Å². The quantitative estimate of drug-likeness (QED) is 0.769. The molecule has 0 aromatic heterocycles. The van der Waals surface area contributed by atoms with Gasteiger partial charge in [0.1, 0.15) is 17.4 Å². The molecule has 1 aromatic rings. The zero-order chi connectivity index (χ0) is 19.2. The predicted molar refractivity (Wildman–Crippen MR) is 102 cm³/mol. The van der Waals surface area contributed by atoms with Crippen LogP contribution in [0.15, 0.2) is 18.2 Å². The van der Waals surface area contributed by atoms with Crippen LogP contribution in [0.1, 0.15) is 65.4 Å². The molecule has 26 heavy (non-hydrogen) atoms. The number of anilines is 1. The first-order chi connectivity index (χ1) is 12.4. The molecule has 1 atom stereocenters. The second-order valence-corrected chi connectivity index (χ2v) is 7.22. The zero-order valence-electron chi connectivity index (χ0n) is 16.3. The third-order valence-electron chi connectivity index (χ3n) is 5.19. The molecule has 142 valence electrons. The normalized spacial score (nSPS) is 23.7. The Hall–Kier alpha value is -2.06. The fourth-order valence-electron chi connectivity index (χ4n) is 3.29. The maximum Gasteiger partial charge on any atom is 0.256 e. The highest BCUT2D eigenvalue weighted by Crippen LogP contribution is 2.36. The first-order valence-corrected chi connectivity index (χ1v) is 9.60. The Bertz CT molecular complexity index is 658. The molecule has 1 aliphatic carbocycles. The summed E-state index contributed by atoms with van der Waals surface area (Å²) in [5.74, 6) is 1.10. The zero-order valence-corrected chi connectivity index (χ0v) is 16.3. The third kappa shape index (κ3) is 4.76. The molecule has 1 amide bonds. The molecule has 0 radical (unpaired) electrons. The Kier molecular flexibility index (Phi) is 7.05. The smallest absolute Gasteiger partial charge is 0.256 e. The number of nitriles is 1. The monoisotopic (exact) mass is 358 g/mol. The van der Waals surface area contributed by atoms with Crippen LogP contribution in [-0.2, 0) is 9.53 Å². The first-order valence-electron chi connectivity index (χ1n) is 9.60. The third-order valence-corrected chi connectivity index (χ3v) is 5.19. The Balaban J connectivity index is 2.18. The van der Waals surface area contributed by atoms with Crippen molar-refractivity contribution in [1.82, 2.24) is 0 Å². The van der Waals surface area contributed by atoms with Crippen LogP contribution in [0.25, 0.3) is 0 Å². The van der Waals surface area contributed by atoms with Crippen molar-refractivity contribution in [1.29, 1.82) is 5.26 Å². The number of ether oxygens (including phenoxy) is 2. The number of hydrogen-bond donors (Lipinski definition) is 1. The van der Waals surface area contributed by atoms with Gasteiger partial charge in [0.25, 0.3) is 5.91 Å². The Morgan fingerprint density at radius 2 is 2.08 bits per heavy atom. The summed E-state index contributed by atoms with van der Waals surface area (Å²) in [4.78, 5) is 13.0. The van der Waals surface area contributed by atoms with E-state index in [-0.39, 0.29) is 12.0 Å². The van der Waals surface area contributed by atoms with E-state index in [1.807, 2.05) is 20.8 Å². The van der Waals surface area contributed by atoms with Crippen LogP contribution >= 0.6 is 0 Å². The van der Waals surface area contributed by atoms with Crippen LogP contribution in [0.4, 0.5) is 5.69 Å². The van der Waals surface area contributed by atoms with Gasteiger partial charge in [0.15, 0.2) is 0 Å². The van der Waals surface area contributed by atoms with Crippen molar-refractivity contribution < 1.29 is 14.3 Å². The lowest BCUT2D eigenvalue weighted by atomic mass is 9.78. The number of amides is 1. The lowest BCUT2D eigenvalue weighted by molar-refractivity contribution is -0.146. The van der Waals surface area contributed by atoms with Gasteiger partial charge in [0.05, 0.1) is 17.4 Å². The molecule has 1 aromatic carbocycles. The van der Waals surface area contributed by atoms with Crippen LogP contribution in [0.3, 0.4) is 0 Å². The fourth-order valence-corrected chi connectivity index (χ4v) is 3.29.